The third-order valence-electron chi connectivity index (χ3n) is 0.625. The Morgan fingerprint density at radius 2 is 2.38 bits per heavy atom. The molecule has 0 bridgehead atoms. The monoisotopic (exact) mass is 119 g/mol. The molecule has 8 heavy (non-hydrogen) atoms. The summed E-state index contributed by atoms with van der Waals surface area (Å²) in [7, 11) is 0. The van der Waals surface area contributed by atoms with Crippen LogP contribution in [0.3, 0.4) is 0 Å². The van der Waals surface area contributed by atoms with Crippen molar-refractivity contribution in [3.8, 4) is 0 Å². The summed E-state index contributed by atoms with van der Waals surface area (Å²) in [5, 5.41) is 8.64. The lowest BCUT2D eigenvalue weighted by Gasteiger charge is -2.03. The number of hydroxylamine groups is 1. The van der Waals surface area contributed by atoms with Gasteiger partial charge < -0.3 is 9.94 Å². The fourth-order valence-electron chi connectivity index (χ4n) is 0.282. The van der Waals surface area contributed by atoms with Crippen LogP contribution >= 0.6 is 0 Å². The SMILES string of the molecule is CCONC[C@H](C)O. The van der Waals surface area contributed by atoms with Crippen LogP contribution in [0.25, 0.3) is 0 Å². The lowest BCUT2D eigenvalue weighted by atomic mass is 10.4. The fraction of sp³-hybridized carbons (Fsp3) is 1.00. The van der Waals surface area contributed by atoms with Crippen LogP contribution in [0.1, 0.15) is 13.8 Å². The van der Waals surface area contributed by atoms with Crippen molar-refractivity contribution < 1.29 is 9.94 Å². The number of hydrogen-bond donors (Lipinski definition) is 2. The Morgan fingerprint density at radius 3 is 2.75 bits per heavy atom. The molecule has 0 aliphatic heterocycles. The first kappa shape index (κ1) is 7.88. The van der Waals surface area contributed by atoms with Gasteiger partial charge >= 0.3 is 0 Å². The van der Waals surface area contributed by atoms with Crippen molar-refractivity contribution in [2.24, 2.45) is 0 Å². The van der Waals surface area contributed by atoms with Crippen molar-refractivity contribution in [3.05, 3.63) is 0 Å². The van der Waals surface area contributed by atoms with Crippen molar-refractivity contribution in [1.29, 1.82) is 0 Å². The number of hydrogen-bond acceptors (Lipinski definition) is 3. The summed E-state index contributed by atoms with van der Waals surface area (Å²) in [6, 6.07) is 0. The van der Waals surface area contributed by atoms with E-state index < -0.39 is 0 Å². The molecule has 0 aliphatic rings. The number of rotatable bonds is 4. The third-order valence-corrected chi connectivity index (χ3v) is 0.625. The van der Waals surface area contributed by atoms with Gasteiger partial charge in [-0.15, -0.1) is 0 Å². The molecule has 50 valence electrons. The van der Waals surface area contributed by atoms with Crippen LogP contribution in [-0.4, -0.2) is 24.4 Å². The topological polar surface area (TPSA) is 41.5 Å². The van der Waals surface area contributed by atoms with E-state index in [9.17, 15) is 0 Å². The molecule has 0 aromatic heterocycles. The van der Waals surface area contributed by atoms with Crippen LogP contribution in [0.2, 0.25) is 0 Å². The molecular weight excluding hydrogens is 106 g/mol. The Balaban J connectivity index is 2.72. The Kier molecular flexibility index (Phi) is 4.95. The molecule has 0 unspecified atom stereocenters. The molecule has 0 rings (SSSR count). The first-order chi connectivity index (χ1) is 3.77. The van der Waals surface area contributed by atoms with Crippen molar-refractivity contribution in [2.75, 3.05) is 13.2 Å². The van der Waals surface area contributed by atoms with Gasteiger partial charge in [0.05, 0.1) is 12.7 Å². The largest absolute Gasteiger partial charge is 0.392 e. The fourth-order valence-corrected chi connectivity index (χ4v) is 0.282. The zero-order valence-corrected chi connectivity index (χ0v) is 5.35. The summed E-state index contributed by atoms with van der Waals surface area (Å²) < 4.78 is 0. The van der Waals surface area contributed by atoms with Crippen molar-refractivity contribution in [3.63, 3.8) is 0 Å². The summed E-state index contributed by atoms with van der Waals surface area (Å²) in [5.41, 5.74) is 2.58. The van der Waals surface area contributed by atoms with Gasteiger partial charge in [-0.2, -0.15) is 5.48 Å². The summed E-state index contributed by atoms with van der Waals surface area (Å²) >= 11 is 0. The Morgan fingerprint density at radius 1 is 1.75 bits per heavy atom. The highest BCUT2D eigenvalue weighted by Crippen LogP contribution is 1.73. The Hall–Kier alpha value is -0.120. The third kappa shape index (κ3) is 5.88. The number of nitrogens with one attached hydrogen (secondary N) is 1. The van der Waals surface area contributed by atoms with Crippen molar-refractivity contribution in [2.45, 2.75) is 20.0 Å². The molecule has 2 N–H and O–H groups in total. The maximum absolute atomic E-state index is 8.64. The van der Waals surface area contributed by atoms with Crippen LogP contribution < -0.4 is 5.48 Å². The molecule has 0 aromatic rings. The van der Waals surface area contributed by atoms with Gasteiger partial charge in [0.15, 0.2) is 0 Å². The van der Waals surface area contributed by atoms with E-state index in [-0.39, 0.29) is 6.10 Å². The van der Waals surface area contributed by atoms with Crippen LogP contribution in [0, 0.1) is 0 Å². The van der Waals surface area contributed by atoms with Crippen molar-refractivity contribution >= 4 is 0 Å². The molecule has 0 aliphatic carbocycles. The lowest BCUT2D eigenvalue weighted by molar-refractivity contribution is 0.0253. The molecule has 0 aromatic carbocycles. The van der Waals surface area contributed by atoms with Gasteiger partial charge in [-0.05, 0) is 13.8 Å². The molecule has 0 fully saturated rings. The van der Waals surface area contributed by atoms with Crippen LogP contribution in [0.4, 0.5) is 0 Å². The second kappa shape index (κ2) is 5.03. The molecule has 0 spiro atoms. The molecule has 3 heteroatoms. The van der Waals surface area contributed by atoms with E-state index in [2.05, 4.69) is 5.48 Å². The molecule has 0 radical (unpaired) electrons. The van der Waals surface area contributed by atoms with E-state index >= 15 is 0 Å². The van der Waals surface area contributed by atoms with Gasteiger partial charge in [0.1, 0.15) is 0 Å². The second-order valence-corrected chi connectivity index (χ2v) is 1.63. The van der Waals surface area contributed by atoms with E-state index in [4.69, 9.17) is 9.94 Å². The lowest BCUT2D eigenvalue weighted by Crippen LogP contribution is -2.24. The highest BCUT2D eigenvalue weighted by atomic mass is 16.6. The summed E-state index contributed by atoms with van der Waals surface area (Å²) in [4.78, 5) is 4.73. The minimum atomic E-state index is -0.332. The maximum Gasteiger partial charge on any atom is 0.0659 e. The minimum Gasteiger partial charge on any atom is -0.392 e. The van der Waals surface area contributed by atoms with E-state index in [0.29, 0.717) is 13.2 Å². The number of aliphatic hydroxyl groups is 1. The van der Waals surface area contributed by atoms with Gasteiger partial charge in [0.2, 0.25) is 0 Å². The Labute approximate surface area is 49.6 Å². The zero-order valence-electron chi connectivity index (χ0n) is 5.35. The first-order valence-corrected chi connectivity index (χ1v) is 2.80. The molecule has 1 atom stereocenters. The van der Waals surface area contributed by atoms with E-state index in [1.807, 2.05) is 6.92 Å². The number of aliphatic hydroxyl groups excluding tert-OH is 1. The normalized spacial score (nSPS) is 13.9. The van der Waals surface area contributed by atoms with Crippen LogP contribution in [-0.2, 0) is 4.84 Å². The zero-order chi connectivity index (χ0) is 6.41. The molecule has 0 heterocycles. The molecule has 0 saturated heterocycles. The smallest absolute Gasteiger partial charge is 0.0659 e. The van der Waals surface area contributed by atoms with E-state index in [0.717, 1.165) is 0 Å². The predicted octanol–water partition coefficient (Wildman–Crippen LogP) is -0.0917. The second-order valence-electron chi connectivity index (χ2n) is 1.63. The van der Waals surface area contributed by atoms with Gasteiger partial charge in [0.25, 0.3) is 0 Å². The van der Waals surface area contributed by atoms with Crippen LogP contribution in [0.15, 0.2) is 0 Å². The molecule has 0 saturated carbocycles. The van der Waals surface area contributed by atoms with Crippen LogP contribution in [0.5, 0.6) is 0 Å². The summed E-state index contributed by atoms with van der Waals surface area (Å²) in [5.74, 6) is 0. The van der Waals surface area contributed by atoms with E-state index in [1.54, 1.807) is 6.92 Å². The summed E-state index contributed by atoms with van der Waals surface area (Å²) in [6.07, 6.45) is -0.332. The molecule has 3 nitrogen and oxygen atoms in total. The standard InChI is InChI=1S/C5H13NO2/c1-3-8-6-4-5(2)7/h5-7H,3-4H2,1-2H3/t5-/m0/s1. The van der Waals surface area contributed by atoms with Gasteiger partial charge in [-0.1, -0.05) is 0 Å². The molecule has 0 amide bonds. The highest BCUT2D eigenvalue weighted by molar-refractivity contribution is 4.42. The van der Waals surface area contributed by atoms with Gasteiger partial charge in [0, 0.05) is 6.54 Å². The average Bonchev–Trinajstić information content (AvgIpc) is 1.66. The van der Waals surface area contributed by atoms with E-state index in [1.165, 1.54) is 0 Å². The Bertz CT molecular complexity index is 47.7. The predicted molar refractivity (Wildman–Crippen MR) is 31.3 cm³/mol. The van der Waals surface area contributed by atoms with Crippen molar-refractivity contribution in [1.82, 2.24) is 5.48 Å². The maximum atomic E-state index is 8.64. The first-order valence-electron chi connectivity index (χ1n) is 2.80. The minimum absolute atomic E-state index is 0.332. The van der Waals surface area contributed by atoms with Gasteiger partial charge in [-0.25, -0.2) is 0 Å². The average molecular weight is 119 g/mol. The van der Waals surface area contributed by atoms with Gasteiger partial charge in [-0.3, -0.25) is 0 Å². The quantitative estimate of drug-likeness (QED) is 0.401. The highest BCUT2D eigenvalue weighted by Gasteiger charge is 1.90. The summed E-state index contributed by atoms with van der Waals surface area (Å²) in [6.45, 7) is 4.71. The molecular formula is C5H13NO2.